The summed E-state index contributed by atoms with van der Waals surface area (Å²) >= 11 is 0. The lowest BCUT2D eigenvalue weighted by Gasteiger charge is -2.21. The summed E-state index contributed by atoms with van der Waals surface area (Å²) in [6, 6.07) is 15.3. The minimum atomic E-state index is -3.86. The zero-order chi connectivity index (χ0) is 19.6. The Balaban J connectivity index is 2.07. The van der Waals surface area contributed by atoms with Gasteiger partial charge in [-0.2, -0.15) is 0 Å². The largest absolute Gasteiger partial charge is 0.324 e. The van der Waals surface area contributed by atoms with E-state index in [2.05, 4.69) is 15.5 Å². The lowest BCUT2D eigenvalue weighted by atomic mass is 10.1. The van der Waals surface area contributed by atoms with Gasteiger partial charge in [-0.25, -0.2) is 0 Å². The summed E-state index contributed by atoms with van der Waals surface area (Å²) in [6.07, 6.45) is 0. The van der Waals surface area contributed by atoms with Crippen molar-refractivity contribution in [2.24, 2.45) is 10.2 Å². The monoisotopic (exact) mass is 385 g/mol. The average Bonchev–Trinajstić information content (AvgIpc) is 2.59. The van der Waals surface area contributed by atoms with Gasteiger partial charge in [-0.1, -0.05) is 30.3 Å². The van der Waals surface area contributed by atoms with Gasteiger partial charge in [0, 0.05) is 17.7 Å². The first-order chi connectivity index (χ1) is 12.8. The molecule has 1 amide bonds. The molecule has 0 aliphatic rings. The molecule has 4 N–H and O–H groups in total. The van der Waals surface area contributed by atoms with Crippen LogP contribution in [0.1, 0.15) is 12.5 Å². The number of aryl methyl sites for hydroxylation is 1. The number of benzene rings is 3. The molecule has 8 heteroatoms. The molecule has 0 aromatic heterocycles. The third-order valence-corrected chi connectivity index (χ3v) is 4.83. The van der Waals surface area contributed by atoms with E-state index in [0.29, 0.717) is 27.8 Å². The van der Waals surface area contributed by atoms with Crippen molar-refractivity contribution >= 4 is 44.6 Å². The number of amides is 1. The molecule has 0 aliphatic carbocycles. The first-order valence-corrected chi connectivity index (χ1v) is 9.58. The molecule has 0 fully saturated rings. The van der Waals surface area contributed by atoms with E-state index >= 15 is 0 Å². The highest BCUT2D eigenvalue weighted by atomic mass is 32.3. The summed E-state index contributed by atoms with van der Waals surface area (Å²) in [7, 11) is -3.86. The molecular weight excluding hydrogens is 366 g/mol. The van der Waals surface area contributed by atoms with Gasteiger partial charge >= 0.3 is 0 Å². The standard InChI is InChI=1S/C19H19N3O4S/c1-12-9-10-17(18(11-12)20-13(2)23)22-21-16-7-3-6-15-14(16)5-4-8-19(15)27(24,25)26/h3-11,24-26H,1-2H3,(H,20,23). The molecule has 0 unspecified atom stereocenters. The van der Waals surface area contributed by atoms with Crippen molar-refractivity contribution in [2.75, 3.05) is 5.32 Å². The van der Waals surface area contributed by atoms with Gasteiger partial charge in [0.2, 0.25) is 5.91 Å². The number of carbonyl (C=O) groups excluding carboxylic acids is 1. The SMILES string of the molecule is CC(=O)Nc1cc(C)ccc1N=Nc1cccc2c(S(O)(O)O)cccc12. The number of fused-ring (bicyclic) bond motifs is 1. The highest BCUT2D eigenvalue weighted by molar-refractivity contribution is 8.19. The third kappa shape index (κ3) is 4.32. The Bertz CT molecular complexity index is 1040. The third-order valence-electron chi connectivity index (χ3n) is 3.88. The molecule has 3 aromatic rings. The molecule has 0 saturated heterocycles. The fourth-order valence-electron chi connectivity index (χ4n) is 2.73. The van der Waals surface area contributed by atoms with E-state index in [1.807, 2.05) is 13.0 Å². The molecule has 0 radical (unpaired) electrons. The number of hydrogen-bond acceptors (Lipinski definition) is 6. The molecule has 3 aromatic carbocycles. The quantitative estimate of drug-likeness (QED) is 0.406. The van der Waals surface area contributed by atoms with Crippen molar-refractivity contribution in [1.82, 2.24) is 0 Å². The Kier molecular flexibility index (Phi) is 5.24. The Morgan fingerprint density at radius 3 is 2.30 bits per heavy atom. The van der Waals surface area contributed by atoms with Crippen molar-refractivity contribution < 1.29 is 18.5 Å². The molecule has 0 heterocycles. The van der Waals surface area contributed by atoms with Gasteiger partial charge in [0.25, 0.3) is 0 Å². The minimum absolute atomic E-state index is 0.0336. The molecule has 7 nitrogen and oxygen atoms in total. The van der Waals surface area contributed by atoms with Gasteiger partial charge in [0.05, 0.1) is 16.3 Å². The van der Waals surface area contributed by atoms with Crippen LogP contribution in [0.2, 0.25) is 0 Å². The number of azo groups is 1. The summed E-state index contributed by atoms with van der Waals surface area (Å²) in [5, 5.41) is 12.3. The maximum absolute atomic E-state index is 11.4. The average molecular weight is 385 g/mol. The van der Waals surface area contributed by atoms with Gasteiger partial charge in [0.1, 0.15) is 16.6 Å². The molecule has 140 valence electrons. The zero-order valence-electron chi connectivity index (χ0n) is 14.7. The summed E-state index contributed by atoms with van der Waals surface area (Å²) in [4.78, 5) is 11.4. The van der Waals surface area contributed by atoms with E-state index < -0.39 is 10.9 Å². The topological polar surface area (TPSA) is 115 Å². The van der Waals surface area contributed by atoms with Crippen LogP contribution in [0.3, 0.4) is 0 Å². The number of hydrogen-bond donors (Lipinski definition) is 4. The van der Waals surface area contributed by atoms with Gasteiger partial charge in [0.15, 0.2) is 0 Å². The number of nitrogens with zero attached hydrogens (tertiary/aromatic N) is 2. The number of rotatable bonds is 4. The predicted molar refractivity (Wildman–Crippen MR) is 107 cm³/mol. The second-order valence-electron chi connectivity index (χ2n) is 6.05. The minimum Gasteiger partial charge on any atom is -0.324 e. The maximum Gasteiger partial charge on any atom is 0.221 e. The van der Waals surface area contributed by atoms with Crippen molar-refractivity contribution in [3.8, 4) is 0 Å². The number of nitrogens with one attached hydrogen (secondary N) is 1. The van der Waals surface area contributed by atoms with Crippen LogP contribution in [0.25, 0.3) is 10.8 Å². The normalized spacial score (nSPS) is 12.5. The van der Waals surface area contributed by atoms with Gasteiger partial charge in [-0.15, -0.1) is 10.2 Å². The van der Waals surface area contributed by atoms with Crippen LogP contribution >= 0.6 is 10.9 Å². The second kappa shape index (κ2) is 7.45. The van der Waals surface area contributed by atoms with Crippen LogP contribution in [-0.4, -0.2) is 19.6 Å². The Morgan fingerprint density at radius 2 is 1.59 bits per heavy atom. The lowest BCUT2D eigenvalue weighted by Crippen LogP contribution is -2.05. The van der Waals surface area contributed by atoms with Crippen LogP contribution in [-0.2, 0) is 4.79 Å². The lowest BCUT2D eigenvalue weighted by molar-refractivity contribution is -0.114. The van der Waals surface area contributed by atoms with Crippen molar-refractivity contribution in [3.05, 3.63) is 60.2 Å². The molecule has 3 rings (SSSR count). The highest BCUT2D eigenvalue weighted by Crippen LogP contribution is 2.48. The van der Waals surface area contributed by atoms with Crippen LogP contribution < -0.4 is 5.32 Å². The Morgan fingerprint density at radius 1 is 0.926 bits per heavy atom. The van der Waals surface area contributed by atoms with Crippen LogP contribution in [0.15, 0.2) is 69.7 Å². The molecule has 27 heavy (non-hydrogen) atoms. The summed E-state index contributed by atoms with van der Waals surface area (Å²) in [5.41, 5.74) is 2.51. The molecule has 0 aliphatic heterocycles. The van der Waals surface area contributed by atoms with Crippen molar-refractivity contribution in [2.45, 2.75) is 18.7 Å². The van der Waals surface area contributed by atoms with E-state index in [1.165, 1.54) is 13.0 Å². The number of anilines is 1. The molecule has 0 saturated carbocycles. The number of carbonyl (C=O) groups is 1. The first-order valence-electron chi connectivity index (χ1n) is 8.08. The molecule has 0 spiro atoms. The van der Waals surface area contributed by atoms with Gasteiger partial charge in [-0.3, -0.25) is 4.79 Å². The van der Waals surface area contributed by atoms with Crippen LogP contribution in [0.4, 0.5) is 17.1 Å². The predicted octanol–water partition coefficient (Wildman–Crippen LogP) is 6.10. The molecule has 0 bridgehead atoms. The van der Waals surface area contributed by atoms with Crippen molar-refractivity contribution in [1.29, 1.82) is 0 Å². The van der Waals surface area contributed by atoms with E-state index in [0.717, 1.165) is 5.56 Å². The van der Waals surface area contributed by atoms with Crippen LogP contribution in [0, 0.1) is 6.92 Å². The van der Waals surface area contributed by atoms with E-state index in [-0.39, 0.29) is 10.8 Å². The van der Waals surface area contributed by atoms with Crippen LogP contribution in [0.5, 0.6) is 0 Å². The maximum atomic E-state index is 11.4. The first kappa shape index (κ1) is 19.0. The molecule has 0 atom stereocenters. The second-order valence-corrected chi connectivity index (χ2v) is 7.53. The van der Waals surface area contributed by atoms with Gasteiger partial charge < -0.3 is 19.0 Å². The summed E-state index contributed by atoms with van der Waals surface area (Å²) < 4.78 is 28.9. The van der Waals surface area contributed by atoms with Crippen molar-refractivity contribution in [3.63, 3.8) is 0 Å². The summed E-state index contributed by atoms with van der Waals surface area (Å²) in [6.45, 7) is 3.33. The Labute approximate surface area is 157 Å². The smallest absolute Gasteiger partial charge is 0.221 e. The highest BCUT2D eigenvalue weighted by Gasteiger charge is 2.19. The fraction of sp³-hybridized carbons (Fsp3) is 0.105. The fourth-order valence-corrected chi connectivity index (χ4v) is 3.46. The van der Waals surface area contributed by atoms with E-state index in [9.17, 15) is 18.5 Å². The zero-order valence-corrected chi connectivity index (χ0v) is 15.6. The molecular formula is C19H19N3O4S. The Hall–Kier alpha value is -2.78. The van der Waals surface area contributed by atoms with E-state index in [1.54, 1.807) is 42.5 Å². The van der Waals surface area contributed by atoms with Gasteiger partial charge in [-0.05, 0) is 36.8 Å². The summed E-state index contributed by atoms with van der Waals surface area (Å²) in [5.74, 6) is -0.208. The van der Waals surface area contributed by atoms with E-state index in [4.69, 9.17) is 0 Å².